The van der Waals surface area contributed by atoms with Crippen LogP contribution in [0.3, 0.4) is 0 Å². The fraction of sp³-hybridized carbons (Fsp3) is 0.462. The van der Waals surface area contributed by atoms with E-state index in [0.717, 1.165) is 0 Å². The van der Waals surface area contributed by atoms with Crippen LogP contribution < -0.4 is 11.5 Å². The van der Waals surface area contributed by atoms with E-state index in [1.807, 2.05) is 0 Å². The maximum Gasteiger partial charge on any atom is 0.164 e. The number of aromatic nitrogens is 3. The third-order valence-electron chi connectivity index (χ3n) is 3.93. The van der Waals surface area contributed by atoms with Crippen LogP contribution >= 0.6 is 12.2 Å². The van der Waals surface area contributed by atoms with Gasteiger partial charge in [0, 0.05) is 18.4 Å². The lowest BCUT2D eigenvalue weighted by Crippen LogP contribution is -2.31. The van der Waals surface area contributed by atoms with Crippen molar-refractivity contribution in [2.24, 2.45) is 5.73 Å². The first kappa shape index (κ1) is 16.0. The summed E-state index contributed by atoms with van der Waals surface area (Å²) >= 11 is 5.02. The van der Waals surface area contributed by atoms with Crippen molar-refractivity contribution < 1.29 is 20.1 Å². The number of nitrogen functional groups attached to an aromatic ring is 1. The molecule has 0 radical (unpaired) electrons. The summed E-state index contributed by atoms with van der Waals surface area (Å²) in [6.45, 7) is -0.166. The van der Waals surface area contributed by atoms with E-state index in [1.165, 1.54) is 10.9 Å². The van der Waals surface area contributed by atoms with Gasteiger partial charge in [-0.25, -0.2) is 9.97 Å². The first-order chi connectivity index (χ1) is 11.0. The predicted octanol–water partition coefficient (Wildman–Crippen LogP) is -1.35. The van der Waals surface area contributed by atoms with Gasteiger partial charge in [-0.2, -0.15) is 0 Å². The van der Waals surface area contributed by atoms with Crippen molar-refractivity contribution in [1.29, 1.82) is 0 Å². The van der Waals surface area contributed by atoms with Crippen molar-refractivity contribution in [3.8, 4) is 0 Å². The molecule has 0 spiro atoms. The Labute approximate surface area is 136 Å². The number of anilines is 1. The number of aliphatic hydroxyl groups is 3. The Morgan fingerprint density at radius 2 is 2.09 bits per heavy atom. The van der Waals surface area contributed by atoms with Crippen molar-refractivity contribution in [3.63, 3.8) is 0 Å². The summed E-state index contributed by atoms with van der Waals surface area (Å²) in [6, 6.07) is 0. The smallest absolute Gasteiger partial charge is 0.164 e. The van der Waals surface area contributed by atoms with Gasteiger partial charge in [0.05, 0.1) is 11.5 Å². The minimum absolute atomic E-state index is 0.107. The zero-order valence-electron chi connectivity index (χ0n) is 12.0. The van der Waals surface area contributed by atoms with Gasteiger partial charge in [0.25, 0.3) is 0 Å². The van der Waals surface area contributed by atoms with E-state index in [2.05, 4.69) is 9.97 Å². The summed E-state index contributed by atoms with van der Waals surface area (Å²) < 4.78 is 7.19. The quantitative estimate of drug-likeness (QED) is 0.425. The molecule has 2 aromatic rings. The molecule has 0 bridgehead atoms. The van der Waals surface area contributed by atoms with Gasteiger partial charge in [-0.05, 0) is 6.42 Å². The Morgan fingerprint density at radius 1 is 1.35 bits per heavy atom. The van der Waals surface area contributed by atoms with Crippen molar-refractivity contribution in [2.45, 2.75) is 31.0 Å². The van der Waals surface area contributed by atoms with E-state index in [4.69, 9.17) is 33.5 Å². The highest BCUT2D eigenvalue weighted by Gasteiger charge is 2.44. The molecule has 4 atom stereocenters. The molecule has 0 unspecified atom stereocenters. The van der Waals surface area contributed by atoms with E-state index in [9.17, 15) is 10.2 Å². The Balaban J connectivity index is 2.10. The third kappa shape index (κ3) is 2.54. The number of thiocarbonyl (C=S) groups is 1. The number of nitrogens with two attached hydrogens (primary N) is 2. The van der Waals surface area contributed by atoms with E-state index >= 15 is 0 Å². The van der Waals surface area contributed by atoms with E-state index in [-0.39, 0.29) is 23.8 Å². The van der Waals surface area contributed by atoms with Gasteiger partial charge in [0.15, 0.2) is 6.23 Å². The molecule has 124 valence electrons. The summed E-state index contributed by atoms with van der Waals surface area (Å²) in [5, 5.41) is 29.8. The molecule has 7 N–H and O–H groups in total. The maximum atomic E-state index is 10.3. The Kier molecular flexibility index (Phi) is 4.17. The molecular weight excluding hydrogens is 322 g/mol. The van der Waals surface area contributed by atoms with Crippen LogP contribution in [0, 0.1) is 0 Å². The Hall–Kier alpha value is -1.85. The lowest BCUT2D eigenvalue weighted by Gasteiger charge is -2.17. The van der Waals surface area contributed by atoms with E-state index in [0.29, 0.717) is 16.6 Å². The summed E-state index contributed by atoms with van der Waals surface area (Å²) in [4.78, 5) is 8.18. The number of ether oxygens (including phenoxy) is 1. The fourth-order valence-electron chi connectivity index (χ4n) is 2.81. The molecule has 3 rings (SSSR count). The van der Waals surface area contributed by atoms with Crippen molar-refractivity contribution in [2.75, 3.05) is 12.3 Å². The number of fused-ring (bicyclic) bond motifs is 1. The minimum Gasteiger partial charge on any atom is -0.396 e. The van der Waals surface area contributed by atoms with Gasteiger partial charge in [-0.1, -0.05) is 12.2 Å². The Morgan fingerprint density at radius 3 is 2.74 bits per heavy atom. The normalized spacial score (nSPS) is 27.6. The third-order valence-corrected chi connectivity index (χ3v) is 4.15. The molecule has 1 aliphatic rings. The summed E-state index contributed by atoms with van der Waals surface area (Å²) in [5.41, 5.74) is 12.4. The van der Waals surface area contributed by atoms with E-state index in [1.54, 1.807) is 6.20 Å². The monoisotopic (exact) mass is 339 g/mol. The second kappa shape index (κ2) is 5.98. The Bertz CT molecular complexity index is 751. The molecule has 0 amide bonds. The van der Waals surface area contributed by atoms with Crippen LogP contribution in [0.25, 0.3) is 11.0 Å². The average Bonchev–Trinajstić information content (AvgIpc) is 3.02. The topological polar surface area (TPSA) is 153 Å². The predicted molar refractivity (Wildman–Crippen MR) is 85.5 cm³/mol. The van der Waals surface area contributed by atoms with Gasteiger partial charge >= 0.3 is 0 Å². The molecule has 1 saturated heterocycles. The highest BCUT2D eigenvalue weighted by Crippen LogP contribution is 2.35. The van der Waals surface area contributed by atoms with Crippen molar-refractivity contribution in [3.05, 3.63) is 18.1 Å². The molecule has 3 heterocycles. The van der Waals surface area contributed by atoms with Crippen molar-refractivity contribution in [1.82, 2.24) is 14.5 Å². The van der Waals surface area contributed by atoms with Crippen molar-refractivity contribution >= 4 is 34.1 Å². The van der Waals surface area contributed by atoms with Crippen LogP contribution in [0.4, 0.5) is 5.82 Å². The number of hydrogen-bond acceptors (Lipinski definition) is 8. The van der Waals surface area contributed by atoms with Gasteiger partial charge < -0.3 is 36.1 Å². The number of aliphatic hydroxyl groups excluding tert-OH is 3. The number of hydrogen-bond donors (Lipinski definition) is 5. The maximum absolute atomic E-state index is 10.3. The van der Waals surface area contributed by atoms with E-state index < -0.39 is 24.5 Å². The minimum atomic E-state index is -1.20. The summed E-state index contributed by atoms with van der Waals surface area (Å²) in [7, 11) is 0. The highest BCUT2D eigenvalue weighted by molar-refractivity contribution is 7.80. The zero-order valence-corrected chi connectivity index (χ0v) is 12.8. The lowest BCUT2D eigenvalue weighted by molar-refractivity contribution is -0.0403. The van der Waals surface area contributed by atoms with Crippen LogP contribution in [0.1, 0.15) is 18.2 Å². The first-order valence-electron chi connectivity index (χ1n) is 6.99. The van der Waals surface area contributed by atoms with Crippen LogP contribution in [-0.4, -0.2) is 59.8 Å². The highest BCUT2D eigenvalue weighted by atomic mass is 32.1. The average molecular weight is 339 g/mol. The summed E-state index contributed by atoms with van der Waals surface area (Å²) in [6.07, 6.45) is -0.867. The van der Waals surface area contributed by atoms with Crippen LogP contribution in [0.5, 0.6) is 0 Å². The second-order valence-electron chi connectivity index (χ2n) is 5.33. The molecule has 0 saturated carbocycles. The van der Waals surface area contributed by atoms with Gasteiger partial charge in [-0.15, -0.1) is 0 Å². The van der Waals surface area contributed by atoms with Gasteiger partial charge in [0.1, 0.15) is 35.0 Å². The first-order valence-corrected chi connectivity index (χ1v) is 7.39. The second-order valence-corrected chi connectivity index (χ2v) is 5.77. The number of rotatable bonds is 4. The van der Waals surface area contributed by atoms with Crippen LogP contribution in [0.15, 0.2) is 12.5 Å². The SMILES string of the molecule is NC(=S)c1cn([C@@H]2O[C@H](CCO)[C@@H](O)[C@H]2O)c2ncnc(N)c12. The molecule has 1 aliphatic heterocycles. The molecule has 0 aliphatic carbocycles. The molecule has 0 aromatic carbocycles. The molecule has 2 aromatic heterocycles. The molecule has 9 nitrogen and oxygen atoms in total. The molecular formula is C13H17N5O4S. The molecule has 10 heteroatoms. The molecule has 1 fully saturated rings. The van der Waals surface area contributed by atoms with Crippen LogP contribution in [-0.2, 0) is 4.74 Å². The van der Waals surface area contributed by atoms with Gasteiger partial charge in [-0.3, -0.25) is 0 Å². The standard InChI is InChI=1S/C13H17N5O4S/c14-10-7-5(11(15)23)3-18(12(7)17-4-16-10)13-9(21)8(20)6(22-13)1-2-19/h3-4,6,8-9,13,19-21H,1-2H2,(H2,15,23)(H2,14,16,17)/t6-,8-,9-,13-/m1/s1. The van der Waals surface area contributed by atoms with Gasteiger partial charge in [0.2, 0.25) is 0 Å². The largest absolute Gasteiger partial charge is 0.396 e. The molecule has 23 heavy (non-hydrogen) atoms. The fourth-order valence-corrected chi connectivity index (χ4v) is 2.97. The zero-order chi connectivity index (χ0) is 16.7. The van der Waals surface area contributed by atoms with Crippen LogP contribution in [0.2, 0.25) is 0 Å². The number of nitrogens with zero attached hydrogens (tertiary/aromatic N) is 3. The lowest BCUT2D eigenvalue weighted by atomic mass is 10.1. The summed E-state index contributed by atoms with van der Waals surface area (Å²) in [5.74, 6) is 0.205.